The van der Waals surface area contributed by atoms with Gasteiger partial charge in [0.05, 0.1) is 10.0 Å². The molecule has 0 amide bonds. The standard InChI is InChI=1S/C16H16BrCl2NO/c1-2-20-9-11-3-5-12(6-4-11)10-21-16-8-14(18)13(17)7-15(16)19/h3-8,20H,2,9-10H2,1H3. The molecule has 0 aliphatic heterocycles. The Labute approximate surface area is 143 Å². The van der Waals surface area contributed by atoms with Gasteiger partial charge in [0.1, 0.15) is 12.4 Å². The third-order valence-corrected chi connectivity index (χ3v) is 4.46. The van der Waals surface area contributed by atoms with Gasteiger partial charge in [-0.1, -0.05) is 54.4 Å². The van der Waals surface area contributed by atoms with Crippen LogP contribution in [-0.4, -0.2) is 6.54 Å². The van der Waals surface area contributed by atoms with Gasteiger partial charge in [0.2, 0.25) is 0 Å². The first-order valence-corrected chi connectivity index (χ1v) is 8.21. The van der Waals surface area contributed by atoms with E-state index in [1.165, 1.54) is 5.56 Å². The molecule has 0 aliphatic rings. The highest BCUT2D eigenvalue weighted by Gasteiger charge is 2.07. The Morgan fingerprint density at radius 2 is 1.71 bits per heavy atom. The second kappa shape index (κ2) is 8.04. The zero-order valence-electron chi connectivity index (χ0n) is 11.6. The van der Waals surface area contributed by atoms with Gasteiger partial charge in [0, 0.05) is 17.1 Å². The van der Waals surface area contributed by atoms with Crippen LogP contribution in [0.3, 0.4) is 0 Å². The summed E-state index contributed by atoms with van der Waals surface area (Å²) >= 11 is 15.5. The van der Waals surface area contributed by atoms with E-state index >= 15 is 0 Å². The predicted octanol–water partition coefficient (Wildman–Crippen LogP) is 5.44. The van der Waals surface area contributed by atoms with Gasteiger partial charge in [0.15, 0.2) is 0 Å². The third kappa shape index (κ3) is 4.89. The molecule has 2 aromatic rings. The predicted molar refractivity (Wildman–Crippen MR) is 92.3 cm³/mol. The molecule has 0 saturated carbocycles. The summed E-state index contributed by atoms with van der Waals surface area (Å²) in [5.41, 5.74) is 2.34. The number of benzene rings is 2. The first kappa shape index (κ1) is 16.6. The maximum Gasteiger partial charge on any atom is 0.139 e. The molecule has 0 bridgehead atoms. The molecule has 0 aliphatic carbocycles. The Morgan fingerprint density at radius 3 is 2.38 bits per heavy atom. The van der Waals surface area contributed by atoms with Crippen LogP contribution in [0.25, 0.3) is 0 Å². The van der Waals surface area contributed by atoms with Crippen molar-refractivity contribution in [2.24, 2.45) is 0 Å². The Balaban J connectivity index is 1.98. The Morgan fingerprint density at radius 1 is 1.05 bits per heavy atom. The van der Waals surface area contributed by atoms with Crippen molar-refractivity contribution < 1.29 is 4.74 Å². The summed E-state index contributed by atoms with van der Waals surface area (Å²) in [5.74, 6) is 0.585. The lowest BCUT2D eigenvalue weighted by Crippen LogP contribution is -2.11. The molecule has 0 radical (unpaired) electrons. The highest BCUT2D eigenvalue weighted by Crippen LogP contribution is 2.34. The summed E-state index contributed by atoms with van der Waals surface area (Å²) in [5, 5.41) is 4.41. The Kier molecular flexibility index (Phi) is 6.37. The van der Waals surface area contributed by atoms with Gasteiger partial charge in [0.25, 0.3) is 0 Å². The van der Waals surface area contributed by atoms with Gasteiger partial charge >= 0.3 is 0 Å². The van der Waals surface area contributed by atoms with E-state index in [9.17, 15) is 0 Å². The fourth-order valence-electron chi connectivity index (χ4n) is 1.80. The molecule has 112 valence electrons. The van der Waals surface area contributed by atoms with Crippen molar-refractivity contribution in [3.8, 4) is 5.75 Å². The maximum atomic E-state index is 6.13. The van der Waals surface area contributed by atoms with Crippen molar-refractivity contribution in [1.82, 2.24) is 5.32 Å². The van der Waals surface area contributed by atoms with Crippen molar-refractivity contribution in [2.75, 3.05) is 6.54 Å². The van der Waals surface area contributed by atoms with Crippen LogP contribution >= 0.6 is 39.1 Å². The largest absolute Gasteiger partial charge is 0.487 e. The average Bonchev–Trinajstić information content (AvgIpc) is 2.48. The molecule has 0 fully saturated rings. The van der Waals surface area contributed by atoms with Crippen molar-refractivity contribution >= 4 is 39.1 Å². The van der Waals surface area contributed by atoms with Crippen LogP contribution in [-0.2, 0) is 13.2 Å². The Hall–Kier alpha value is -0.740. The van der Waals surface area contributed by atoms with Gasteiger partial charge in [-0.3, -0.25) is 0 Å². The summed E-state index contributed by atoms with van der Waals surface area (Å²) in [6.07, 6.45) is 0. The molecule has 0 heterocycles. The van der Waals surface area contributed by atoms with E-state index in [-0.39, 0.29) is 0 Å². The van der Waals surface area contributed by atoms with Gasteiger partial charge in [-0.25, -0.2) is 0 Å². The van der Waals surface area contributed by atoms with Crippen molar-refractivity contribution in [2.45, 2.75) is 20.1 Å². The van der Waals surface area contributed by atoms with Crippen LogP contribution in [0.1, 0.15) is 18.1 Å². The molecule has 1 N–H and O–H groups in total. The van der Waals surface area contributed by atoms with Gasteiger partial charge in [-0.15, -0.1) is 0 Å². The van der Waals surface area contributed by atoms with E-state index in [1.807, 2.05) is 0 Å². The number of rotatable bonds is 6. The second-order valence-corrected chi connectivity index (χ2v) is 6.25. The molecule has 21 heavy (non-hydrogen) atoms. The van der Waals surface area contributed by atoms with Crippen molar-refractivity contribution in [3.05, 3.63) is 62.0 Å². The minimum Gasteiger partial charge on any atom is -0.487 e. The Bertz CT molecular complexity index is 602. The summed E-state index contributed by atoms with van der Waals surface area (Å²) < 4.78 is 6.49. The lowest BCUT2D eigenvalue weighted by atomic mass is 10.1. The van der Waals surface area contributed by atoms with Crippen LogP contribution in [0.15, 0.2) is 40.9 Å². The van der Waals surface area contributed by atoms with Gasteiger partial charge in [-0.2, -0.15) is 0 Å². The van der Waals surface area contributed by atoms with E-state index in [0.29, 0.717) is 22.4 Å². The minimum atomic E-state index is 0.458. The zero-order chi connectivity index (χ0) is 15.2. The SMILES string of the molecule is CCNCc1ccc(COc2cc(Cl)c(Br)cc2Cl)cc1. The summed E-state index contributed by atoms with van der Waals surface area (Å²) in [4.78, 5) is 0. The first-order valence-electron chi connectivity index (χ1n) is 6.66. The lowest BCUT2D eigenvalue weighted by Gasteiger charge is -2.10. The molecular formula is C16H16BrCl2NO. The lowest BCUT2D eigenvalue weighted by molar-refractivity contribution is 0.306. The molecule has 5 heteroatoms. The van der Waals surface area contributed by atoms with E-state index in [1.54, 1.807) is 12.1 Å². The highest BCUT2D eigenvalue weighted by atomic mass is 79.9. The highest BCUT2D eigenvalue weighted by molar-refractivity contribution is 9.10. The zero-order valence-corrected chi connectivity index (χ0v) is 14.7. The topological polar surface area (TPSA) is 21.3 Å². The number of halogens is 3. The van der Waals surface area contributed by atoms with E-state index in [2.05, 4.69) is 52.4 Å². The van der Waals surface area contributed by atoms with Crippen LogP contribution in [0.5, 0.6) is 5.75 Å². The summed E-state index contributed by atoms with van der Waals surface area (Å²) in [7, 11) is 0. The fourth-order valence-corrected chi connectivity index (χ4v) is 2.65. The van der Waals surface area contributed by atoms with Crippen LogP contribution in [0, 0.1) is 0 Å². The summed E-state index contributed by atoms with van der Waals surface area (Å²) in [6.45, 7) is 4.40. The number of ether oxygens (including phenoxy) is 1. The van der Waals surface area contributed by atoms with E-state index < -0.39 is 0 Å². The van der Waals surface area contributed by atoms with Crippen LogP contribution < -0.4 is 10.1 Å². The van der Waals surface area contributed by atoms with Crippen LogP contribution in [0.2, 0.25) is 10.0 Å². The third-order valence-electron chi connectivity index (χ3n) is 2.97. The molecule has 0 saturated heterocycles. The van der Waals surface area contributed by atoms with Crippen molar-refractivity contribution in [1.29, 1.82) is 0 Å². The minimum absolute atomic E-state index is 0.458. The van der Waals surface area contributed by atoms with Gasteiger partial charge in [-0.05, 0) is 39.7 Å². The molecule has 0 atom stereocenters. The summed E-state index contributed by atoms with van der Waals surface area (Å²) in [6, 6.07) is 11.8. The maximum absolute atomic E-state index is 6.13. The monoisotopic (exact) mass is 387 g/mol. The normalized spacial score (nSPS) is 10.7. The molecule has 0 aromatic heterocycles. The smallest absolute Gasteiger partial charge is 0.139 e. The second-order valence-electron chi connectivity index (χ2n) is 4.58. The van der Waals surface area contributed by atoms with Crippen molar-refractivity contribution in [3.63, 3.8) is 0 Å². The fraction of sp³-hybridized carbons (Fsp3) is 0.250. The van der Waals surface area contributed by atoms with E-state index in [4.69, 9.17) is 27.9 Å². The number of hydrogen-bond acceptors (Lipinski definition) is 2. The van der Waals surface area contributed by atoms with Crippen LogP contribution in [0.4, 0.5) is 0 Å². The molecule has 0 unspecified atom stereocenters. The molecule has 2 nitrogen and oxygen atoms in total. The first-order chi connectivity index (χ1) is 10.1. The quantitative estimate of drug-likeness (QED) is 0.664. The average molecular weight is 389 g/mol. The molecule has 2 aromatic carbocycles. The number of nitrogens with one attached hydrogen (secondary N) is 1. The molecule has 2 rings (SSSR count). The van der Waals surface area contributed by atoms with Gasteiger partial charge < -0.3 is 10.1 Å². The number of hydrogen-bond donors (Lipinski definition) is 1. The molecular weight excluding hydrogens is 373 g/mol. The van der Waals surface area contributed by atoms with E-state index in [0.717, 1.165) is 23.1 Å². The molecule has 0 spiro atoms.